The minimum absolute atomic E-state index is 0.0272. The second-order valence-electron chi connectivity index (χ2n) is 7.59. The van der Waals surface area contributed by atoms with Crippen LogP contribution in [0.25, 0.3) is 11.0 Å². The summed E-state index contributed by atoms with van der Waals surface area (Å²) in [5, 5.41) is 9.62. The van der Waals surface area contributed by atoms with Gasteiger partial charge in [0.15, 0.2) is 0 Å². The molecule has 2 aromatic heterocycles. The topological polar surface area (TPSA) is 78.8 Å². The number of nitrogens with zero attached hydrogens (tertiary/aromatic N) is 4. The van der Waals surface area contributed by atoms with Crippen molar-refractivity contribution in [1.29, 1.82) is 0 Å². The zero-order chi connectivity index (χ0) is 18.9. The Bertz CT molecular complexity index is 795. The van der Waals surface area contributed by atoms with E-state index in [-0.39, 0.29) is 6.04 Å². The number of piperidine rings is 1. The molecular weight excluding hydrogens is 332 g/mol. The molecule has 0 aromatic carbocycles. The minimum atomic E-state index is -0.850. The molecule has 7 heteroatoms. The minimum Gasteiger partial charge on any atom is -0.481 e. The van der Waals surface area contributed by atoms with Gasteiger partial charge in [-0.05, 0) is 45.7 Å². The number of carboxylic acid groups (broad SMARTS) is 1. The zero-order valence-electron chi connectivity index (χ0n) is 15.8. The van der Waals surface area contributed by atoms with Gasteiger partial charge >= 0.3 is 6.09 Å². The van der Waals surface area contributed by atoms with Gasteiger partial charge in [0.25, 0.3) is 0 Å². The van der Waals surface area contributed by atoms with Crippen LogP contribution in [0.2, 0.25) is 0 Å². The van der Waals surface area contributed by atoms with E-state index in [1.165, 1.54) is 0 Å². The maximum Gasteiger partial charge on any atom is 0.407 e. The van der Waals surface area contributed by atoms with Crippen LogP contribution >= 0.6 is 0 Å². The molecule has 0 atom stereocenters. The van der Waals surface area contributed by atoms with E-state index in [1.54, 1.807) is 24.3 Å². The van der Waals surface area contributed by atoms with Gasteiger partial charge in [-0.2, -0.15) is 0 Å². The summed E-state index contributed by atoms with van der Waals surface area (Å²) in [6.45, 7) is 7.39. The summed E-state index contributed by atoms with van der Waals surface area (Å²) in [4.78, 5) is 24.5. The fourth-order valence-electron chi connectivity index (χ4n) is 3.72. The summed E-state index contributed by atoms with van der Waals surface area (Å²) in [6, 6.07) is 5.70. The van der Waals surface area contributed by atoms with Crippen LogP contribution in [-0.2, 0) is 0 Å². The van der Waals surface area contributed by atoms with Crippen molar-refractivity contribution in [3.63, 3.8) is 0 Å². The molecule has 0 radical (unpaired) electrons. The molecule has 0 saturated carbocycles. The second-order valence-corrected chi connectivity index (χ2v) is 7.59. The highest BCUT2D eigenvalue weighted by Gasteiger charge is 2.35. The molecule has 2 aromatic rings. The third-order valence-corrected chi connectivity index (χ3v) is 4.85. The first kappa shape index (κ1) is 18.2. The van der Waals surface area contributed by atoms with E-state index >= 15 is 0 Å². The standard InChI is InChI=1S/C19H26N4O3/c1-19(2,3)23(18(24)25)13-8-11-22(12-9-13)15-7-10-20-14-5-6-16(26-4)21-17(14)15/h5-7,10,13H,8-9,11-12H2,1-4H3,(H,24,25). The average Bonchev–Trinajstić information content (AvgIpc) is 2.60. The molecule has 7 nitrogen and oxygen atoms in total. The zero-order valence-corrected chi connectivity index (χ0v) is 15.8. The highest BCUT2D eigenvalue weighted by molar-refractivity contribution is 5.88. The van der Waals surface area contributed by atoms with Crippen LogP contribution < -0.4 is 9.64 Å². The van der Waals surface area contributed by atoms with Gasteiger partial charge in [-0.3, -0.25) is 4.98 Å². The number of ether oxygens (including phenoxy) is 1. The number of pyridine rings is 2. The van der Waals surface area contributed by atoms with Crippen LogP contribution in [0.3, 0.4) is 0 Å². The maximum atomic E-state index is 11.7. The molecule has 1 aliphatic rings. The van der Waals surface area contributed by atoms with Crippen LogP contribution in [-0.4, -0.2) is 57.8 Å². The van der Waals surface area contributed by atoms with Crippen molar-refractivity contribution in [2.24, 2.45) is 0 Å². The molecule has 3 heterocycles. The lowest BCUT2D eigenvalue weighted by atomic mass is 9.96. The Hall–Kier alpha value is -2.57. The Morgan fingerprint density at radius 2 is 1.96 bits per heavy atom. The highest BCUT2D eigenvalue weighted by atomic mass is 16.5. The van der Waals surface area contributed by atoms with E-state index in [4.69, 9.17) is 4.74 Å². The SMILES string of the molecule is COc1ccc2nccc(N3CCC(N(C(=O)O)C(C)(C)C)CC3)c2n1. The van der Waals surface area contributed by atoms with Crippen molar-refractivity contribution in [2.75, 3.05) is 25.1 Å². The monoisotopic (exact) mass is 358 g/mol. The molecule has 0 bridgehead atoms. The van der Waals surface area contributed by atoms with Crippen LogP contribution in [0.15, 0.2) is 24.4 Å². The van der Waals surface area contributed by atoms with Crippen molar-refractivity contribution in [3.05, 3.63) is 24.4 Å². The molecule has 1 saturated heterocycles. The second kappa shape index (κ2) is 6.97. The number of hydrogen-bond acceptors (Lipinski definition) is 5. The summed E-state index contributed by atoms with van der Waals surface area (Å²) in [5.41, 5.74) is 2.25. The predicted molar refractivity (Wildman–Crippen MR) is 101 cm³/mol. The van der Waals surface area contributed by atoms with E-state index in [9.17, 15) is 9.90 Å². The quantitative estimate of drug-likeness (QED) is 0.906. The summed E-state index contributed by atoms with van der Waals surface area (Å²) in [5.74, 6) is 0.562. The maximum absolute atomic E-state index is 11.7. The number of amides is 1. The summed E-state index contributed by atoms with van der Waals surface area (Å²) in [6.07, 6.45) is 2.52. The number of carbonyl (C=O) groups is 1. The van der Waals surface area contributed by atoms with Gasteiger partial charge in [0.1, 0.15) is 5.52 Å². The number of methoxy groups -OCH3 is 1. The van der Waals surface area contributed by atoms with Gasteiger partial charge in [0.2, 0.25) is 5.88 Å². The lowest BCUT2D eigenvalue weighted by Gasteiger charge is -2.44. The number of aromatic nitrogens is 2. The molecule has 1 aliphatic heterocycles. The van der Waals surface area contributed by atoms with Gasteiger partial charge in [0, 0.05) is 36.9 Å². The average molecular weight is 358 g/mol. The Morgan fingerprint density at radius 1 is 1.27 bits per heavy atom. The van der Waals surface area contributed by atoms with Gasteiger partial charge in [0.05, 0.1) is 18.3 Å². The van der Waals surface area contributed by atoms with E-state index in [0.29, 0.717) is 5.88 Å². The Morgan fingerprint density at radius 3 is 2.54 bits per heavy atom. The molecule has 1 fully saturated rings. The normalized spacial score (nSPS) is 15.9. The van der Waals surface area contributed by atoms with Crippen LogP contribution in [0, 0.1) is 0 Å². The molecule has 1 N–H and O–H groups in total. The lowest BCUT2D eigenvalue weighted by Crippen LogP contribution is -2.54. The fraction of sp³-hybridized carbons (Fsp3) is 0.526. The largest absolute Gasteiger partial charge is 0.481 e. The predicted octanol–water partition coefficient (Wildman–Crippen LogP) is 3.39. The smallest absolute Gasteiger partial charge is 0.407 e. The Labute approximate surface area is 153 Å². The van der Waals surface area contributed by atoms with E-state index in [0.717, 1.165) is 42.7 Å². The first-order valence-electron chi connectivity index (χ1n) is 8.88. The molecular formula is C19H26N4O3. The lowest BCUT2D eigenvalue weighted by molar-refractivity contribution is 0.0616. The van der Waals surface area contributed by atoms with Crippen LogP contribution in [0.5, 0.6) is 5.88 Å². The van der Waals surface area contributed by atoms with Crippen LogP contribution in [0.4, 0.5) is 10.5 Å². The van der Waals surface area contributed by atoms with E-state index in [1.807, 2.05) is 32.9 Å². The molecule has 1 amide bonds. The summed E-state index contributed by atoms with van der Waals surface area (Å²) in [7, 11) is 1.60. The van der Waals surface area contributed by atoms with E-state index < -0.39 is 11.6 Å². The molecule has 140 valence electrons. The third-order valence-electron chi connectivity index (χ3n) is 4.85. The fourth-order valence-corrected chi connectivity index (χ4v) is 3.72. The number of hydrogen-bond donors (Lipinski definition) is 1. The first-order valence-corrected chi connectivity index (χ1v) is 8.88. The van der Waals surface area contributed by atoms with Crippen molar-refractivity contribution in [3.8, 4) is 5.88 Å². The molecule has 3 rings (SSSR count). The molecule has 26 heavy (non-hydrogen) atoms. The third kappa shape index (κ3) is 3.52. The number of anilines is 1. The summed E-state index contributed by atoms with van der Waals surface area (Å²) < 4.78 is 5.25. The molecule has 0 aliphatic carbocycles. The number of rotatable bonds is 3. The van der Waals surface area contributed by atoms with Crippen molar-refractivity contribution >= 4 is 22.8 Å². The highest BCUT2D eigenvalue weighted by Crippen LogP contribution is 2.30. The first-order chi connectivity index (χ1) is 12.3. The summed E-state index contributed by atoms with van der Waals surface area (Å²) >= 11 is 0. The van der Waals surface area contributed by atoms with E-state index in [2.05, 4.69) is 14.9 Å². The van der Waals surface area contributed by atoms with Gasteiger partial charge in [-0.25, -0.2) is 9.78 Å². The van der Waals surface area contributed by atoms with Crippen molar-refractivity contribution < 1.29 is 14.6 Å². The van der Waals surface area contributed by atoms with Gasteiger partial charge in [-0.1, -0.05) is 0 Å². The van der Waals surface area contributed by atoms with Gasteiger partial charge < -0.3 is 19.6 Å². The number of fused-ring (bicyclic) bond motifs is 1. The van der Waals surface area contributed by atoms with Crippen molar-refractivity contribution in [1.82, 2.24) is 14.9 Å². The van der Waals surface area contributed by atoms with Crippen molar-refractivity contribution in [2.45, 2.75) is 45.2 Å². The Kier molecular flexibility index (Phi) is 4.89. The molecule has 0 unspecified atom stereocenters. The van der Waals surface area contributed by atoms with Gasteiger partial charge in [-0.15, -0.1) is 0 Å². The Balaban J connectivity index is 1.82. The molecule has 0 spiro atoms. The van der Waals surface area contributed by atoms with Crippen LogP contribution in [0.1, 0.15) is 33.6 Å².